The number of aryl methyl sites for hydroxylation is 1. The molecule has 0 aliphatic carbocycles. The molecule has 26 heavy (non-hydrogen) atoms. The van der Waals surface area contributed by atoms with Gasteiger partial charge in [-0.3, -0.25) is 4.90 Å². The molecule has 0 atom stereocenters. The number of anilines is 1. The highest BCUT2D eigenvalue weighted by molar-refractivity contribution is 5.89. The number of nitrogens with zero attached hydrogens (tertiary/aromatic N) is 5. The third kappa shape index (κ3) is 3.88. The molecule has 1 aromatic heterocycles. The minimum absolute atomic E-state index is 0.0604. The van der Waals surface area contributed by atoms with Gasteiger partial charge in [0.15, 0.2) is 0 Å². The molecule has 0 saturated carbocycles. The maximum Gasteiger partial charge on any atom is 0.322 e. The highest BCUT2D eigenvalue weighted by Crippen LogP contribution is 2.19. The van der Waals surface area contributed by atoms with Crippen LogP contribution in [-0.4, -0.2) is 50.5 Å². The lowest BCUT2D eigenvalue weighted by Gasteiger charge is -2.26. The van der Waals surface area contributed by atoms with Crippen molar-refractivity contribution in [3.63, 3.8) is 0 Å². The number of nitrogens with one attached hydrogen (secondary N) is 1. The van der Waals surface area contributed by atoms with Crippen LogP contribution in [0.4, 0.5) is 10.5 Å². The van der Waals surface area contributed by atoms with Crippen molar-refractivity contribution in [1.29, 1.82) is 0 Å². The quantitative estimate of drug-likeness (QED) is 0.920. The molecule has 0 spiro atoms. The van der Waals surface area contributed by atoms with E-state index in [1.807, 2.05) is 39.9 Å². The van der Waals surface area contributed by atoms with Crippen molar-refractivity contribution < 1.29 is 4.79 Å². The van der Waals surface area contributed by atoms with Crippen LogP contribution >= 0.6 is 0 Å². The van der Waals surface area contributed by atoms with Gasteiger partial charge in [-0.05, 0) is 44.5 Å². The summed E-state index contributed by atoms with van der Waals surface area (Å²) < 4.78 is 1.98. The molecule has 7 nitrogen and oxygen atoms in total. The molecule has 0 bridgehead atoms. The normalized spacial score (nSPS) is 18.2. The van der Waals surface area contributed by atoms with E-state index in [-0.39, 0.29) is 6.03 Å². The van der Waals surface area contributed by atoms with Gasteiger partial charge in [0.1, 0.15) is 5.69 Å². The van der Waals surface area contributed by atoms with Gasteiger partial charge in [0.2, 0.25) is 0 Å². The highest BCUT2D eigenvalue weighted by Gasteiger charge is 2.24. The van der Waals surface area contributed by atoms with Crippen LogP contribution in [0.5, 0.6) is 0 Å². The smallest absolute Gasteiger partial charge is 0.319 e. The highest BCUT2D eigenvalue weighted by atomic mass is 16.2. The Morgan fingerprint density at radius 3 is 2.62 bits per heavy atom. The Balaban J connectivity index is 1.46. The predicted molar refractivity (Wildman–Crippen MR) is 99.6 cm³/mol. The van der Waals surface area contributed by atoms with E-state index in [1.54, 1.807) is 0 Å². The van der Waals surface area contributed by atoms with E-state index in [1.165, 1.54) is 19.3 Å². The van der Waals surface area contributed by atoms with E-state index in [4.69, 9.17) is 0 Å². The first-order valence-electron chi connectivity index (χ1n) is 9.54. The molecular weight excluding hydrogens is 328 g/mol. The summed E-state index contributed by atoms with van der Waals surface area (Å²) in [5.41, 5.74) is 2.92. The van der Waals surface area contributed by atoms with E-state index < -0.39 is 0 Å². The molecule has 0 radical (unpaired) electrons. The van der Waals surface area contributed by atoms with Crippen molar-refractivity contribution in [3.05, 3.63) is 41.7 Å². The number of benzene rings is 1. The lowest BCUT2D eigenvalue weighted by Crippen LogP contribution is -2.35. The molecule has 1 fully saturated rings. The average molecular weight is 354 g/mol. The van der Waals surface area contributed by atoms with Gasteiger partial charge in [-0.2, -0.15) is 0 Å². The van der Waals surface area contributed by atoms with Gasteiger partial charge in [-0.25, -0.2) is 9.48 Å². The number of fused-ring (bicyclic) bond motifs is 1. The Morgan fingerprint density at radius 1 is 1.00 bits per heavy atom. The molecule has 2 aliphatic rings. The molecule has 3 heterocycles. The molecular formula is C19H26N6O. The Labute approximate surface area is 154 Å². The Morgan fingerprint density at radius 2 is 1.81 bits per heavy atom. The molecule has 4 rings (SSSR count). The topological polar surface area (TPSA) is 66.3 Å². The molecule has 1 N–H and O–H groups in total. The van der Waals surface area contributed by atoms with E-state index in [0.29, 0.717) is 6.54 Å². The van der Waals surface area contributed by atoms with Crippen LogP contribution in [0.1, 0.15) is 37.1 Å². The second-order valence-corrected chi connectivity index (χ2v) is 7.11. The van der Waals surface area contributed by atoms with Crippen LogP contribution < -0.4 is 5.32 Å². The van der Waals surface area contributed by atoms with Crippen LogP contribution in [0.25, 0.3) is 0 Å². The SMILES string of the molecule is O=C(Nc1ccccc1)N1CCCn2nnc(CN3CCCCC3)c2C1. The molecule has 1 aromatic carbocycles. The number of piperidine rings is 1. The van der Waals surface area contributed by atoms with Crippen molar-refractivity contribution in [2.75, 3.05) is 25.0 Å². The minimum Gasteiger partial charge on any atom is -0.319 e. The number of urea groups is 1. The van der Waals surface area contributed by atoms with Gasteiger partial charge in [0.05, 0.1) is 12.2 Å². The minimum atomic E-state index is -0.0604. The maximum atomic E-state index is 12.7. The zero-order valence-corrected chi connectivity index (χ0v) is 15.1. The summed E-state index contributed by atoms with van der Waals surface area (Å²) in [6, 6.07) is 9.54. The fourth-order valence-electron chi connectivity index (χ4n) is 3.74. The number of aromatic nitrogens is 3. The molecule has 138 valence electrons. The summed E-state index contributed by atoms with van der Waals surface area (Å²) >= 11 is 0. The number of likely N-dealkylation sites (tertiary alicyclic amines) is 1. The van der Waals surface area contributed by atoms with Gasteiger partial charge < -0.3 is 10.2 Å². The van der Waals surface area contributed by atoms with Gasteiger partial charge >= 0.3 is 6.03 Å². The van der Waals surface area contributed by atoms with Crippen molar-refractivity contribution in [3.8, 4) is 0 Å². The zero-order valence-electron chi connectivity index (χ0n) is 15.1. The summed E-state index contributed by atoms with van der Waals surface area (Å²) in [5, 5.41) is 11.8. The van der Waals surface area contributed by atoms with Crippen LogP contribution in [0, 0.1) is 0 Å². The second-order valence-electron chi connectivity index (χ2n) is 7.11. The summed E-state index contributed by atoms with van der Waals surface area (Å²) in [6.45, 7) is 5.20. The monoisotopic (exact) mass is 354 g/mol. The van der Waals surface area contributed by atoms with E-state index in [2.05, 4.69) is 20.5 Å². The van der Waals surface area contributed by atoms with Gasteiger partial charge in [0, 0.05) is 25.3 Å². The van der Waals surface area contributed by atoms with Gasteiger partial charge in [-0.1, -0.05) is 29.8 Å². The number of carbonyl (C=O) groups is 1. The van der Waals surface area contributed by atoms with E-state index in [9.17, 15) is 4.79 Å². The Bertz CT molecular complexity index is 738. The molecule has 0 unspecified atom stereocenters. The van der Waals surface area contributed by atoms with Crippen molar-refractivity contribution in [2.45, 2.75) is 45.3 Å². The number of para-hydroxylation sites is 1. The largest absolute Gasteiger partial charge is 0.322 e. The van der Waals surface area contributed by atoms with Crippen molar-refractivity contribution >= 4 is 11.7 Å². The Kier molecular flexibility index (Phi) is 5.15. The zero-order chi connectivity index (χ0) is 17.8. The van der Waals surface area contributed by atoms with Crippen molar-refractivity contribution in [2.24, 2.45) is 0 Å². The first-order chi connectivity index (χ1) is 12.8. The first kappa shape index (κ1) is 17.0. The van der Waals surface area contributed by atoms with E-state index in [0.717, 1.165) is 56.2 Å². The maximum absolute atomic E-state index is 12.7. The standard InChI is InChI=1S/C19H26N6O/c26-19(20-16-8-3-1-4-9-16)24-12-7-13-25-18(15-24)17(21-22-25)14-23-10-5-2-6-11-23/h1,3-4,8-9H,2,5-7,10-15H2,(H,20,26). The summed E-state index contributed by atoms with van der Waals surface area (Å²) in [4.78, 5) is 17.0. The summed E-state index contributed by atoms with van der Waals surface area (Å²) in [5.74, 6) is 0. The fraction of sp³-hybridized carbons (Fsp3) is 0.526. The third-order valence-electron chi connectivity index (χ3n) is 5.19. The van der Waals surface area contributed by atoms with E-state index >= 15 is 0 Å². The molecule has 2 aliphatic heterocycles. The molecule has 7 heteroatoms. The number of hydrogen-bond acceptors (Lipinski definition) is 4. The number of amides is 2. The lowest BCUT2D eigenvalue weighted by atomic mass is 10.1. The predicted octanol–water partition coefficient (Wildman–Crippen LogP) is 2.70. The van der Waals surface area contributed by atoms with Crippen LogP contribution in [0.3, 0.4) is 0 Å². The second kappa shape index (κ2) is 7.86. The van der Waals surface area contributed by atoms with Crippen LogP contribution in [0.15, 0.2) is 30.3 Å². The van der Waals surface area contributed by atoms with Crippen LogP contribution in [-0.2, 0) is 19.6 Å². The number of rotatable bonds is 3. The Hall–Kier alpha value is -2.41. The van der Waals surface area contributed by atoms with Crippen LogP contribution in [0.2, 0.25) is 0 Å². The fourth-order valence-corrected chi connectivity index (χ4v) is 3.74. The van der Waals surface area contributed by atoms with Crippen molar-refractivity contribution in [1.82, 2.24) is 24.8 Å². The summed E-state index contributed by atoms with van der Waals surface area (Å²) in [7, 11) is 0. The third-order valence-corrected chi connectivity index (χ3v) is 5.19. The molecule has 2 amide bonds. The number of hydrogen-bond donors (Lipinski definition) is 1. The first-order valence-corrected chi connectivity index (χ1v) is 9.54. The summed E-state index contributed by atoms with van der Waals surface area (Å²) in [6.07, 6.45) is 4.73. The average Bonchev–Trinajstić information content (AvgIpc) is 2.91. The number of carbonyl (C=O) groups excluding carboxylic acids is 1. The van der Waals surface area contributed by atoms with Gasteiger partial charge in [-0.15, -0.1) is 5.10 Å². The lowest BCUT2D eigenvalue weighted by molar-refractivity contribution is 0.207. The molecule has 2 aromatic rings. The molecule has 1 saturated heterocycles. The van der Waals surface area contributed by atoms with Gasteiger partial charge in [0.25, 0.3) is 0 Å².